The van der Waals surface area contributed by atoms with E-state index in [0.717, 1.165) is 14.2 Å². The predicted octanol–water partition coefficient (Wildman–Crippen LogP) is 4.90. The summed E-state index contributed by atoms with van der Waals surface area (Å²) in [5.41, 5.74) is 1.53. The number of rotatable bonds is 6. The maximum atomic E-state index is 13.6. The number of sulfonamides is 1. The number of aromatic nitrogens is 1. The van der Waals surface area contributed by atoms with Gasteiger partial charge in [-0.2, -0.15) is 14.4 Å². The molecule has 0 spiro atoms. The van der Waals surface area contributed by atoms with Gasteiger partial charge in [-0.3, -0.25) is 4.79 Å². The van der Waals surface area contributed by atoms with Crippen molar-refractivity contribution >= 4 is 64.8 Å². The number of halogens is 2. The van der Waals surface area contributed by atoms with Crippen molar-refractivity contribution in [3.05, 3.63) is 88.1 Å². The average Bonchev–Trinajstić information content (AvgIpc) is 3.33. The van der Waals surface area contributed by atoms with E-state index < -0.39 is 15.9 Å². The van der Waals surface area contributed by atoms with Crippen molar-refractivity contribution in [1.29, 1.82) is 0 Å². The quantitative estimate of drug-likeness (QED) is 0.231. The molecule has 3 aromatic carbocycles. The highest BCUT2D eigenvalue weighted by molar-refractivity contribution is 9.10. The summed E-state index contributed by atoms with van der Waals surface area (Å²) in [5, 5.41) is 5.86. The lowest BCUT2D eigenvalue weighted by Gasteiger charge is -2.26. The van der Waals surface area contributed by atoms with E-state index in [1.807, 2.05) is 18.2 Å². The molecule has 1 saturated heterocycles. The summed E-state index contributed by atoms with van der Waals surface area (Å²) in [6.45, 7) is 1.25. The number of carbonyl (C=O) groups excluding carboxylic acids is 1. The first-order valence-electron chi connectivity index (χ1n) is 11.2. The number of thiazole rings is 1. The Morgan fingerprint density at radius 3 is 2.49 bits per heavy atom. The zero-order valence-corrected chi connectivity index (χ0v) is 22.5. The predicted molar refractivity (Wildman–Crippen MR) is 144 cm³/mol. The number of carbonyl (C=O) groups is 1. The smallest absolute Gasteiger partial charge is 0.280 e. The van der Waals surface area contributed by atoms with Gasteiger partial charge < -0.3 is 4.74 Å². The third-order valence-corrected chi connectivity index (χ3v) is 9.01. The highest BCUT2D eigenvalue weighted by Gasteiger charge is 2.27. The minimum atomic E-state index is -3.69. The van der Waals surface area contributed by atoms with E-state index >= 15 is 0 Å². The molecule has 5 rings (SSSR count). The molecule has 1 aliphatic rings. The van der Waals surface area contributed by atoms with E-state index in [-0.39, 0.29) is 29.4 Å². The molecule has 0 N–H and O–H groups in total. The van der Waals surface area contributed by atoms with Gasteiger partial charge in [0.25, 0.3) is 5.91 Å². The molecule has 0 bridgehead atoms. The highest BCUT2D eigenvalue weighted by atomic mass is 79.9. The van der Waals surface area contributed by atoms with Crippen LogP contribution < -0.4 is 5.01 Å². The van der Waals surface area contributed by atoms with Crippen LogP contribution in [0.4, 0.5) is 9.52 Å². The van der Waals surface area contributed by atoms with Crippen LogP contribution in [-0.2, 0) is 14.8 Å². The molecule has 0 saturated carbocycles. The Morgan fingerprint density at radius 2 is 1.78 bits per heavy atom. The maximum absolute atomic E-state index is 13.6. The Labute approximate surface area is 225 Å². The second-order valence-electron chi connectivity index (χ2n) is 8.06. The van der Waals surface area contributed by atoms with Gasteiger partial charge >= 0.3 is 0 Å². The summed E-state index contributed by atoms with van der Waals surface area (Å²) in [6, 6.07) is 17.0. The Bertz CT molecular complexity index is 1570. The van der Waals surface area contributed by atoms with E-state index in [1.165, 1.54) is 58.3 Å². The first-order chi connectivity index (χ1) is 17.8. The van der Waals surface area contributed by atoms with E-state index in [0.29, 0.717) is 29.4 Å². The molecule has 8 nitrogen and oxygen atoms in total. The molecule has 190 valence electrons. The fraction of sp³-hybridized carbons (Fsp3) is 0.160. The van der Waals surface area contributed by atoms with Gasteiger partial charge in [0.05, 0.1) is 34.5 Å². The van der Waals surface area contributed by atoms with Crippen molar-refractivity contribution in [1.82, 2.24) is 9.29 Å². The highest BCUT2D eigenvalue weighted by Crippen LogP contribution is 2.32. The number of hydrogen-bond donors (Lipinski definition) is 0. The molecule has 12 heteroatoms. The van der Waals surface area contributed by atoms with Crippen LogP contribution in [0.1, 0.15) is 15.9 Å². The first kappa shape index (κ1) is 25.6. The molecular weight excluding hydrogens is 583 g/mol. The summed E-state index contributed by atoms with van der Waals surface area (Å²) >= 11 is 4.72. The lowest BCUT2D eigenvalue weighted by Crippen LogP contribution is -2.40. The van der Waals surface area contributed by atoms with Crippen LogP contribution in [0.5, 0.6) is 0 Å². The Hall–Kier alpha value is -3.03. The molecule has 1 fully saturated rings. The lowest BCUT2D eigenvalue weighted by molar-refractivity contribution is 0.0730. The normalized spacial score (nSPS) is 14.9. The second-order valence-corrected chi connectivity index (χ2v) is 11.9. The lowest BCUT2D eigenvalue weighted by atomic mass is 10.2. The SMILES string of the molecule is O=C(c1ccc(S(=O)(=O)N2CCOCC2)cc1)N(/N=C/c1ccc(F)cc1)c1nc2ccc(Br)cc2s1. The molecule has 0 radical (unpaired) electrons. The third-order valence-electron chi connectivity index (χ3n) is 5.61. The number of amides is 1. The zero-order valence-electron chi connectivity index (χ0n) is 19.3. The Morgan fingerprint density at radius 1 is 1.08 bits per heavy atom. The van der Waals surface area contributed by atoms with E-state index in [9.17, 15) is 17.6 Å². The summed E-state index contributed by atoms with van der Waals surface area (Å²) in [4.78, 5) is 18.2. The average molecular weight is 603 g/mol. The summed E-state index contributed by atoms with van der Waals surface area (Å²) in [5.74, 6) is -0.874. The molecule has 37 heavy (non-hydrogen) atoms. The van der Waals surface area contributed by atoms with Crippen molar-refractivity contribution in [3.63, 3.8) is 0 Å². The van der Waals surface area contributed by atoms with Gasteiger partial charge in [0.15, 0.2) is 0 Å². The number of nitrogens with zero attached hydrogens (tertiary/aromatic N) is 4. The van der Waals surface area contributed by atoms with Crippen LogP contribution in [-0.4, -0.2) is 56.1 Å². The first-order valence-corrected chi connectivity index (χ1v) is 14.2. The van der Waals surface area contributed by atoms with E-state index in [2.05, 4.69) is 26.0 Å². The molecule has 4 aromatic rings. The van der Waals surface area contributed by atoms with Crippen molar-refractivity contribution in [2.75, 3.05) is 31.3 Å². The minimum Gasteiger partial charge on any atom is -0.379 e. The second kappa shape index (κ2) is 10.8. The van der Waals surface area contributed by atoms with Crippen LogP contribution in [0.2, 0.25) is 0 Å². The van der Waals surface area contributed by atoms with E-state index in [1.54, 1.807) is 12.1 Å². The van der Waals surface area contributed by atoms with Crippen LogP contribution in [0.15, 0.2) is 81.2 Å². The van der Waals surface area contributed by atoms with Gasteiger partial charge in [0, 0.05) is 23.1 Å². The van der Waals surface area contributed by atoms with Crippen LogP contribution in [0, 0.1) is 5.82 Å². The Balaban J connectivity index is 1.47. The summed E-state index contributed by atoms with van der Waals surface area (Å²) in [7, 11) is -3.69. The summed E-state index contributed by atoms with van der Waals surface area (Å²) in [6.07, 6.45) is 1.44. The fourth-order valence-electron chi connectivity index (χ4n) is 3.67. The van der Waals surface area contributed by atoms with Gasteiger partial charge in [-0.05, 0) is 60.2 Å². The molecule has 1 aromatic heterocycles. The Kier molecular flexibility index (Phi) is 7.45. The van der Waals surface area contributed by atoms with Crippen LogP contribution >= 0.6 is 27.3 Å². The number of morpholine rings is 1. The number of hydrogen-bond acceptors (Lipinski definition) is 7. The van der Waals surface area contributed by atoms with Crippen molar-refractivity contribution < 1.29 is 22.3 Å². The molecular formula is C25H20BrFN4O4S2. The maximum Gasteiger partial charge on any atom is 0.280 e. The number of benzene rings is 3. The molecule has 1 aliphatic heterocycles. The van der Waals surface area contributed by atoms with Crippen molar-refractivity contribution in [2.24, 2.45) is 5.10 Å². The van der Waals surface area contributed by atoms with E-state index in [4.69, 9.17) is 4.74 Å². The fourth-order valence-corrected chi connectivity index (χ4v) is 6.55. The van der Waals surface area contributed by atoms with Gasteiger partial charge in [-0.25, -0.2) is 17.8 Å². The van der Waals surface area contributed by atoms with Gasteiger partial charge in [0.2, 0.25) is 15.2 Å². The third kappa shape index (κ3) is 5.63. The molecule has 2 heterocycles. The minimum absolute atomic E-state index is 0.0946. The topological polar surface area (TPSA) is 92.2 Å². The monoisotopic (exact) mass is 602 g/mol. The van der Waals surface area contributed by atoms with Gasteiger partial charge in [-0.1, -0.05) is 39.4 Å². The van der Waals surface area contributed by atoms with Crippen LogP contribution in [0.3, 0.4) is 0 Å². The number of anilines is 1. The summed E-state index contributed by atoms with van der Waals surface area (Å²) < 4.78 is 47.5. The number of fused-ring (bicyclic) bond motifs is 1. The van der Waals surface area contributed by atoms with Gasteiger partial charge in [0.1, 0.15) is 5.82 Å². The van der Waals surface area contributed by atoms with Gasteiger partial charge in [-0.15, -0.1) is 0 Å². The largest absolute Gasteiger partial charge is 0.379 e. The number of ether oxygens (including phenoxy) is 1. The molecule has 0 atom stereocenters. The molecule has 0 unspecified atom stereocenters. The molecule has 1 amide bonds. The molecule has 0 aliphatic carbocycles. The van der Waals surface area contributed by atoms with Crippen molar-refractivity contribution in [2.45, 2.75) is 4.90 Å². The van der Waals surface area contributed by atoms with Crippen molar-refractivity contribution in [3.8, 4) is 0 Å². The van der Waals surface area contributed by atoms with Crippen LogP contribution in [0.25, 0.3) is 10.2 Å². The number of hydrazone groups is 1. The standard InChI is InChI=1S/C25H20BrFN4O4S2/c26-19-5-10-22-23(15-19)36-25(29-22)31(28-16-17-1-6-20(27)7-2-17)24(32)18-3-8-21(9-4-18)37(33,34)30-11-13-35-14-12-30/h1-10,15-16H,11-14H2/b28-16+. The zero-order chi connectivity index (χ0) is 26.0.